The van der Waals surface area contributed by atoms with Crippen molar-refractivity contribution in [1.29, 1.82) is 0 Å². The Kier molecular flexibility index (Phi) is 6.62. The maximum atomic E-state index is 13.5. The van der Waals surface area contributed by atoms with E-state index in [9.17, 15) is 9.18 Å². The third kappa shape index (κ3) is 5.10. The number of carbonyl (C=O) groups excluding carboxylic acids is 1. The fourth-order valence-electron chi connectivity index (χ4n) is 2.91. The number of halogens is 3. The highest BCUT2D eigenvalue weighted by Gasteiger charge is 2.33. The van der Waals surface area contributed by atoms with E-state index in [1.807, 2.05) is 48.5 Å². The fraction of sp³-hybridized carbons (Fsp3) is 0.0435. The minimum atomic E-state index is -0.554. The Morgan fingerprint density at radius 3 is 2.58 bits per heavy atom. The molecular weight excluding hydrogens is 476 g/mol. The highest BCUT2D eigenvalue weighted by molar-refractivity contribution is 8.27. The molecule has 8 heteroatoms. The number of carbonyl (C=O) groups is 1. The van der Waals surface area contributed by atoms with Gasteiger partial charge in [-0.2, -0.15) is 0 Å². The molecule has 0 spiro atoms. The third-order valence-electron chi connectivity index (χ3n) is 4.43. The van der Waals surface area contributed by atoms with E-state index >= 15 is 0 Å². The maximum Gasteiger partial charge on any atom is 0.270 e. The van der Waals surface area contributed by atoms with Crippen molar-refractivity contribution in [2.75, 3.05) is 4.90 Å². The first-order valence-electron chi connectivity index (χ1n) is 9.11. The number of rotatable bonds is 5. The molecule has 1 aliphatic heterocycles. The minimum Gasteiger partial charge on any atom is -0.489 e. The first-order valence-corrected chi connectivity index (χ1v) is 11.1. The van der Waals surface area contributed by atoms with Crippen molar-refractivity contribution in [2.45, 2.75) is 6.61 Å². The van der Waals surface area contributed by atoms with E-state index in [1.54, 1.807) is 6.08 Å². The number of amides is 1. The van der Waals surface area contributed by atoms with Crippen molar-refractivity contribution in [1.82, 2.24) is 0 Å². The van der Waals surface area contributed by atoms with Gasteiger partial charge in [-0.05, 0) is 59.7 Å². The van der Waals surface area contributed by atoms with Crippen LogP contribution < -0.4 is 9.64 Å². The summed E-state index contributed by atoms with van der Waals surface area (Å²) in [5.74, 6) is -0.170. The van der Waals surface area contributed by atoms with Crippen molar-refractivity contribution in [3.8, 4) is 5.75 Å². The Labute approximate surface area is 198 Å². The normalized spacial score (nSPS) is 15.1. The Morgan fingerprint density at radius 1 is 1.06 bits per heavy atom. The molecule has 0 saturated carbocycles. The Hall–Kier alpha value is -2.38. The zero-order chi connectivity index (χ0) is 22.0. The van der Waals surface area contributed by atoms with Crippen LogP contribution in [0.2, 0.25) is 10.0 Å². The lowest BCUT2D eigenvalue weighted by molar-refractivity contribution is -0.113. The van der Waals surface area contributed by atoms with Gasteiger partial charge in [-0.15, -0.1) is 0 Å². The number of nitrogens with zero attached hydrogens (tertiary/aromatic N) is 1. The summed E-state index contributed by atoms with van der Waals surface area (Å²) in [5.41, 5.74) is 2.22. The summed E-state index contributed by atoms with van der Waals surface area (Å²) >= 11 is 18.3. The summed E-state index contributed by atoms with van der Waals surface area (Å²) in [6.07, 6.45) is 1.75. The molecule has 0 bridgehead atoms. The maximum absolute atomic E-state index is 13.5. The van der Waals surface area contributed by atoms with Gasteiger partial charge in [0.05, 0.1) is 15.6 Å². The number of hydrogen-bond donors (Lipinski definition) is 0. The predicted molar refractivity (Wildman–Crippen MR) is 129 cm³/mol. The van der Waals surface area contributed by atoms with Gasteiger partial charge in [0.25, 0.3) is 5.91 Å². The SMILES string of the molecule is O=C1/C(=C\c2cccc(OCc3ccc(Cl)cc3)c2)SC(=S)N1c1ccc(F)c(Cl)c1. The molecule has 1 amide bonds. The average molecular weight is 490 g/mol. The van der Waals surface area contributed by atoms with Crippen LogP contribution in [0, 0.1) is 5.82 Å². The molecule has 1 fully saturated rings. The molecule has 1 saturated heterocycles. The summed E-state index contributed by atoms with van der Waals surface area (Å²) in [5, 5.41) is 0.604. The van der Waals surface area contributed by atoms with Gasteiger partial charge in [0, 0.05) is 5.02 Å². The summed E-state index contributed by atoms with van der Waals surface area (Å²) < 4.78 is 19.7. The first kappa shape index (κ1) is 21.8. The largest absolute Gasteiger partial charge is 0.489 e. The van der Waals surface area contributed by atoms with E-state index < -0.39 is 5.82 Å². The second-order valence-electron chi connectivity index (χ2n) is 6.60. The van der Waals surface area contributed by atoms with Crippen molar-refractivity contribution >= 4 is 69.2 Å². The zero-order valence-electron chi connectivity index (χ0n) is 15.8. The highest BCUT2D eigenvalue weighted by atomic mass is 35.5. The van der Waals surface area contributed by atoms with Crippen molar-refractivity contribution < 1.29 is 13.9 Å². The summed E-state index contributed by atoms with van der Waals surface area (Å²) in [4.78, 5) is 14.7. The summed E-state index contributed by atoms with van der Waals surface area (Å²) in [6.45, 7) is 0.397. The molecule has 0 unspecified atom stereocenters. The standard InChI is InChI=1S/C23H14Cl2FNO2S2/c24-16-6-4-14(5-7-16)13-29-18-3-1-2-15(10-18)11-21-22(28)27(23(30)31-21)17-8-9-20(26)19(25)12-17/h1-12H,13H2/b21-11+. The second-order valence-corrected chi connectivity index (χ2v) is 9.12. The van der Waals surface area contributed by atoms with Crippen LogP contribution in [0.5, 0.6) is 5.75 Å². The van der Waals surface area contributed by atoms with Crippen LogP contribution in [0.4, 0.5) is 10.1 Å². The molecule has 0 radical (unpaired) electrons. The van der Waals surface area contributed by atoms with Crippen LogP contribution in [0.3, 0.4) is 0 Å². The van der Waals surface area contributed by atoms with Crippen LogP contribution in [0.1, 0.15) is 11.1 Å². The lowest BCUT2D eigenvalue weighted by atomic mass is 10.2. The van der Waals surface area contributed by atoms with Crippen LogP contribution in [-0.2, 0) is 11.4 Å². The number of ether oxygens (including phenoxy) is 1. The van der Waals surface area contributed by atoms with Gasteiger partial charge in [-0.25, -0.2) is 4.39 Å². The Morgan fingerprint density at radius 2 is 1.84 bits per heavy atom. The van der Waals surface area contributed by atoms with Gasteiger partial charge < -0.3 is 4.74 Å². The Bertz CT molecular complexity index is 1200. The smallest absolute Gasteiger partial charge is 0.270 e. The number of thioether (sulfide) groups is 1. The van der Waals surface area contributed by atoms with Gasteiger partial charge in [0.1, 0.15) is 18.2 Å². The minimum absolute atomic E-state index is 0.0685. The predicted octanol–water partition coefficient (Wildman–Crippen LogP) is 7.12. The van der Waals surface area contributed by atoms with Gasteiger partial charge in [-0.3, -0.25) is 9.69 Å². The number of thiocarbonyl (C=S) groups is 1. The molecule has 3 nitrogen and oxygen atoms in total. The first-order chi connectivity index (χ1) is 14.9. The molecule has 0 atom stereocenters. The summed E-state index contributed by atoms with van der Waals surface area (Å²) in [6, 6.07) is 18.9. The molecule has 4 rings (SSSR count). The van der Waals surface area contributed by atoms with Crippen LogP contribution >= 0.6 is 47.2 Å². The van der Waals surface area contributed by atoms with E-state index in [2.05, 4.69) is 0 Å². The monoisotopic (exact) mass is 489 g/mol. The van der Waals surface area contributed by atoms with Gasteiger partial charge in [0.2, 0.25) is 0 Å². The molecule has 3 aromatic rings. The van der Waals surface area contributed by atoms with E-state index in [0.29, 0.717) is 32.3 Å². The lowest BCUT2D eigenvalue weighted by Gasteiger charge is -2.14. The molecule has 0 N–H and O–H groups in total. The van der Waals surface area contributed by atoms with Crippen molar-refractivity contribution in [3.63, 3.8) is 0 Å². The molecule has 3 aromatic carbocycles. The Balaban J connectivity index is 1.51. The molecule has 156 valence electrons. The van der Waals surface area contributed by atoms with E-state index in [4.69, 9.17) is 40.2 Å². The summed E-state index contributed by atoms with van der Waals surface area (Å²) in [7, 11) is 0. The number of hydrogen-bond acceptors (Lipinski definition) is 4. The van der Waals surface area contributed by atoms with Crippen molar-refractivity contribution in [2.24, 2.45) is 0 Å². The molecule has 0 aromatic heterocycles. The third-order valence-corrected chi connectivity index (χ3v) is 6.27. The van der Waals surface area contributed by atoms with E-state index in [0.717, 1.165) is 11.1 Å². The molecule has 1 heterocycles. The van der Waals surface area contributed by atoms with Crippen LogP contribution in [0.15, 0.2) is 71.6 Å². The number of anilines is 1. The topological polar surface area (TPSA) is 29.5 Å². The van der Waals surface area contributed by atoms with Gasteiger partial charge in [-0.1, -0.05) is 71.4 Å². The lowest BCUT2D eigenvalue weighted by Crippen LogP contribution is -2.27. The number of benzene rings is 3. The zero-order valence-corrected chi connectivity index (χ0v) is 19.0. The molecule has 31 heavy (non-hydrogen) atoms. The highest BCUT2D eigenvalue weighted by Crippen LogP contribution is 2.37. The van der Waals surface area contributed by atoms with Gasteiger partial charge in [0.15, 0.2) is 4.32 Å². The van der Waals surface area contributed by atoms with Crippen LogP contribution in [0.25, 0.3) is 6.08 Å². The van der Waals surface area contributed by atoms with E-state index in [1.165, 1.54) is 34.9 Å². The molecule has 0 aliphatic carbocycles. The van der Waals surface area contributed by atoms with Crippen molar-refractivity contribution in [3.05, 3.63) is 98.6 Å². The fourth-order valence-corrected chi connectivity index (χ4v) is 4.51. The van der Waals surface area contributed by atoms with E-state index in [-0.39, 0.29) is 10.9 Å². The van der Waals surface area contributed by atoms with Crippen LogP contribution in [-0.4, -0.2) is 10.2 Å². The quantitative estimate of drug-likeness (QED) is 0.282. The second kappa shape index (κ2) is 9.40. The molecular formula is C23H14Cl2FNO2S2. The average Bonchev–Trinajstić information content (AvgIpc) is 3.03. The van der Waals surface area contributed by atoms with Gasteiger partial charge >= 0.3 is 0 Å². The molecule has 1 aliphatic rings.